The van der Waals surface area contributed by atoms with E-state index in [1.54, 1.807) is 0 Å². The molecule has 48 valence electrons. The third-order valence-electron chi connectivity index (χ3n) is 0.516. The van der Waals surface area contributed by atoms with E-state index in [1.165, 1.54) is 0 Å². The fraction of sp³-hybridized carbons (Fsp3) is 0.571. The van der Waals surface area contributed by atoms with E-state index in [0.717, 1.165) is 0 Å². The van der Waals surface area contributed by atoms with Crippen LogP contribution in [0.15, 0.2) is 0 Å². The predicted octanol–water partition coefficient (Wildman–Crippen LogP) is -1.13. The summed E-state index contributed by atoms with van der Waals surface area (Å²) >= 11 is 0. The maximum absolute atomic E-state index is 5.01. The van der Waals surface area contributed by atoms with Gasteiger partial charge < -0.3 is 18.8 Å². The van der Waals surface area contributed by atoms with Crippen molar-refractivity contribution in [1.82, 2.24) is 0 Å². The van der Waals surface area contributed by atoms with Gasteiger partial charge in [0, 0.05) is 0 Å². The first-order chi connectivity index (χ1) is 3.06. The molecule has 0 saturated heterocycles. The molecule has 0 radical (unpaired) electrons. The van der Waals surface area contributed by atoms with Crippen LogP contribution in [0.25, 0.3) is 0 Å². The zero-order chi connectivity index (χ0) is 5.91. The average Bonchev–Trinajstić information content (AvgIpc) is 1.30. The second-order valence-corrected chi connectivity index (χ2v) is 2.68. The minimum absolute atomic E-state index is 0. The van der Waals surface area contributed by atoms with E-state index < -0.39 is 0 Å². The van der Waals surface area contributed by atoms with Crippen LogP contribution in [0.4, 0.5) is 0 Å². The molecule has 0 spiro atoms. The normalized spacial score (nSPS) is 7.78. The molecule has 0 aromatic heterocycles. The van der Waals surface area contributed by atoms with Gasteiger partial charge in [0.25, 0.3) is 0 Å². The Morgan fingerprint density at radius 2 is 1.67 bits per heavy atom. The van der Waals surface area contributed by atoms with E-state index in [-0.39, 0.29) is 37.3 Å². The summed E-state index contributed by atoms with van der Waals surface area (Å²) in [4.78, 5) is 0. The molecule has 9 heavy (non-hydrogen) atoms. The minimum Gasteiger partial charge on any atom is -1.00 e. The Morgan fingerprint density at radius 3 is 1.67 bits per heavy atom. The first kappa shape index (κ1) is 16.2. The Balaban J connectivity index is -0.000000180. The third-order valence-corrected chi connectivity index (χ3v) is 0.516. The van der Waals surface area contributed by atoms with E-state index in [9.17, 15) is 0 Å². The zero-order valence-electron chi connectivity index (χ0n) is 6.24. The molecule has 0 amide bonds. The van der Waals surface area contributed by atoms with Crippen LogP contribution < -0.4 is 12.4 Å². The molecule has 0 atom stereocenters. The molecule has 0 aromatic rings. The van der Waals surface area contributed by atoms with Gasteiger partial charge in [0.1, 0.15) is 0 Å². The molecule has 0 aromatic carbocycles. The molecule has 0 unspecified atom stereocenters. The molecule has 0 rings (SSSR count). The van der Waals surface area contributed by atoms with Crippen molar-refractivity contribution in [2.45, 2.75) is 20.8 Å². The molecular weight excluding hydrogens is 185 g/mol. The predicted molar refractivity (Wildman–Crippen MR) is 32.6 cm³/mol. The van der Waals surface area contributed by atoms with E-state index in [1.807, 2.05) is 6.42 Å². The van der Waals surface area contributed by atoms with Crippen LogP contribution in [0, 0.1) is 24.2 Å². The molecule has 0 aliphatic rings. The fourth-order valence-corrected chi connectivity index (χ4v) is 0.250. The SMILES string of the molecule is C#C[CH-]C(C)(C)C.[Cl-].[Zn+2]. The van der Waals surface area contributed by atoms with E-state index in [2.05, 4.69) is 26.7 Å². The van der Waals surface area contributed by atoms with Gasteiger partial charge in [0.2, 0.25) is 0 Å². The van der Waals surface area contributed by atoms with Crippen LogP contribution >= 0.6 is 0 Å². The molecule has 0 heterocycles. The van der Waals surface area contributed by atoms with Crippen LogP contribution in [0.5, 0.6) is 0 Å². The second-order valence-electron chi connectivity index (χ2n) is 2.68. The van der Waals surface area contributed by atoms with Crippen molar-refractivity contribution in [3.63, 3.8) is 0 Å². The molecule has 2 heteroatoms. The molecule has 0 aliphatic carbocycles. The maximum atomic E-state index is 5.01. The summed E-state index contributed by atoms with van der Waals surface area (Å²) in [6.45, 7) is 6.23. The Labute approximate surface area is 77.0 Å². The van der Waals surface area contributed by atoms with Gasteiger partial charge in [-0.15, -0.1) is 0 Å². The van der Waals surface area contributed by atoms with Crippen LogP contribution in [-0.2, 0) is 19.5 Å². The largest absolute Gasteiger partial charge is 2.00 e. The van der Waals surface area contributed by atoms with E-state index in [0.29, 0.717) is 0 Å². The van der Waals surface area contributed by atoms with Gasteiger partial charge >= 0.3 is 19.5 Å². The summed E-state index contributed by atoms with van der Waals surface area (Å²) in [7, 11) is 0. The minimum atomic E-state index is 0. The van der Waals surface area contributed by atoms with Crippen LogP contribution in [-0.4, -0.2) is 0 Å². The Bertz CT molecular complexity index is 86.1. The number of rotatable bonds is 0. The van der Waals surface area contributed by atoms with Gasteiger partial charge in [-0.05, 0) is 0 Å². The van der Waals surface area contributed by atoms with E-state index in [4.69, 9.17) is 6.42 Å². The summed E-state index contributed by atoms with van der Waals surface area (Å²) in [6.07, 6.45) is 6.85. The monoisotopic (exact) mass is 194 g/mol. The quantitative estimate of drug-likeness (QED) is 0.261. The van der Waals surface area contributed by atoms with Crippen molar-refractivity contribution in [2.24, 2.45) is 5.41 Å². The summed E-state index contributed by atoms with van der Waals surface area (Å²) in [5.41, 5.74) is 0.189. The zero-order valence-corrected chi connectivity index (χ0v) is 9.96. The van der Waals surface area contributed by atoms with Crippen molar-refractivity contribution >= 4 is 0 Å². The van der Waals surface area contributed by atoms with E-state index >= 15 is 0 Å². The van der Waals surface area contributed by atoms with Crippen molar-refractivity contribution in [2.75, 3.05) is 0 Å². The number of halogens is 1. The fourth-order valence-electron chi connectivity index (χ4n) is 0.250. The number of hydrogen-bond donors (Lipinski definition) is 0. The van der Waals surface area contributed by atoms with Crippen LogP contribution in [0.1, 0.15) is 20.8 Å². The van der Waals surface area contributed by atoms with Gasteiger partial charge in [-0.25, -0.2) is 0 Å². The molecule has 0 saturated carbocycles. The van der Waals surface area contributed by atoms with Crippen molar-refractivity contribution in [1.29, 1.82) is 0 Å². The Kier molecular flexibility index (Phi) is 11.6. The molecule has 0 aliphatic heterocycles. The summed E-state index contributed by atoms with van der Waals surface area (Å²) < 4.78 is 0. The summed E-state index contributed by atoms with van der Waals surface area (Å²) in [5, 5.41) is 0. The topological polar surface area (TPSA) is 0 Å². The van der Waals surface area contributed by atoms with Crippen LogP contribution in [0.2, 0.25) is 0 Å². The van der Waals surface area contributed by atoms with Crippen molar-refractivity contribution in [3.05, 3.63) is 6.42 Å². The van der Waals surface area contributed by atoms with Gasteiger partial charge in [-0.3, -0.25) is 5.92 Å². The smallest absolute Gasteiger partial charge is 1.00 e. The first-order valence-corrected chi connectivity index (χ1v) is 2.37. The van der Waals surface area contributed by atoms with Gasteiger partial charge in [0.05, 0.1) is 0 Å². The van der Waals surface area contributed by atoms with Gasteiger partial charge in [-0.1, -0.05) is 26.2 Å². The standard InChI is InChI=1S/C7H11.ClH.Zn/c1-5-6-7(2,3)4;;/h1,6H,2-4H3;1H;/q-1;;+2/p-1. The second kappa shape index (κ2) is 6.46. The average molecular weight is 196 g/mol. The summed E-state index contributed by atoms with van der Waals surface area (Å²) in [6, 6.07) is 0. The summed E-state index contributed by atoms with van der Waals surface area (Å²) in [5.74, 6) is 2.48. The molecule has 0 fully saturated rings. The maximum Gasteiger partial charge on any atom is 2.00 e. The molecule has 0 bridgehead atoms. The molecule has 0 nitrogen and oxygen atoms in total. The van der Waals surface area contributed by atoms with Crippen LogP contribution in [0.3, 0.4) is 0 Å². The Morgan fingerprint density at radius 1 is 1.33 bits per heavy atom. The number of terminal acetylenes is 1. The number of hydrogen-bond acceptors (Lipinski definition) is 0. The Hall–Kier alpha value is 0.343. The van der Waals surface area contributed by atoms with Gasteiger partial charge in [-0.2, -0.15) is 6.42 Å². The van der Waals surface area contributed by atoms with Gasteiger partial charge in [0.15, 0.2) is 0 Å². The third kappa shape index (κ3) is 17.8. The molecule has 0 N–H and O–H groups in total. The van der Waals surface area contributed by atoms with Crippen molar-refractivity contribution < 1.29 is 31.9 Å². The first-order valence-electron chi connectivity index (χ1n) is 2.37. The van der Waals surface area contributed by atoms with Crippen molar-refractivity contribution in [3.8, 4) is 12.3 Å². The molecular formula is C7H11ClZn.